The van der Waals surface area contributed by atoms with E-state index in [2.05, 4.69) is 26.2 Å². The van der Waals surface area contributed by atoms with Gasteiger partial charge in [0.1, 0.15) is 5.69 Å². The maximum atomic E-state index is 12.1. The summed E-state index contributed by atoms with van der Waals surface area (Å²) in [4.78, 5) is 28.0. The summed E-state index contributed by atoms with van der Waals surface area (Å²) in [5.41, 5.74) is 2.52. The zero-order valence-corrected chi connectivity index (χ0v) is 15.9. The molecule has 9 heteroatoms. The molecule has 3 heterocycles. The van der Waals surface area contributed by atoms with Crippen molar-refractivity contribution in [3.8, 4) is 34.3 Å². The number of rotatable bonds is 5. The van der Waals surface area contributed by atoms with Crippen molar-refractivity contribution in [1.82, 2.24) is 24.7 Å². The van der Waals surface area contributed by atoms with Gasteiger partial charge in [0.25, 0.3) is 5.56 Å². The van der Waals surface area contributed by atoms with Gasteiger partial charge in [-0.1, -0.05) is 12.1 Å². The van der Waals surface area contributed by atoms with Crippen molar-refractivity contribution in [2.24, 2.45) is 0 Å². The van der Waals surface area contributed by atoms with Crippen molar-refractivity contribution in [2.75, 3.05) is 7.11 Å². The second-order valence-electron chi connectivity index (χ2n) is 6.52. The third-order valence-corrected chi connectivity index (χ3v) is 4.56. The van der Waals surface area contributed by atoms with Crippen LogP contribution < -0.4 is 16.0 Å². The first-order chi connectivity index (χ1) is 14.6. The molecule has 0 fully saturated rings. The third-order valence-electron chi connectivity index (χ3n) is 4.56. The number of nitrogens with one attached hydrogen (secondary N) is 2. The van der Waals surface area contributed by atoms with Crippen LogP contribution in [-0.4, -0.2) is 31.8 Å². The smallest absolute Gasteiger partial charge is 0.325 e. The number of nitrogens with zero attached hydrogens (tertiary/aromatic N) is 4. The van der Waals surface area contributed by atoms with E-state index in [1.165, 1.54) is 13.3 Å². The molecule has 2 N–H and O–H groups in total. The van der Waals surface area contributed by atoms with Crippen LogP contribution in [0.1, 0.15) is 11.1 Å². The molecule has 0 aliphatic heterocycles. The Morgan fingerprint density at radius 3 is 2.63 bits per heavy atom. The van der Waals surface area contributed by atoms with Gasteiger partial charge in [-0.15, -0.1) is 10.2 Å². The van der Waals surface area contributed by atoms with Crippen molar-refractivity contribution < 1.29 is 4.74 Å². The molecule has 0 aliphatic rings. The summed E-state index contributed by atoms with van der Waals surface area (Å²) >= 11 is 0. The predicted molar refractivity (Wildman–Crippen MR) is 109 cm³/mol. The lowest BCUT2D eigenvalue weighted by Crippen LogP contribution is -2.22. The number of hydrogen-bond donors (Lipinski definition) is 2. The Hall–Kier alpha value is -4.45. The predicted octanol–water partition coefficient (Wildman–Crippen LogP) is 1.92. The van der Waals surface area contributed by atoms with Gasteiger partial charge in [-0.05, 0) is 29.8 Å². The molecule has 30 heavy (non-hydrogen) atoms. The highest BCUT2D eigenvalue weighted by Gasteiger charge is 2.14. The minimum atomic E-state index is -0.592. The van der Waals surface area contributed by atoms with Crippen LogP contribution >= 0.6 is 0 Å². The summed E-state index contributed by atoms with van der Waals surface area (Å²) in [5, 5.41) is 17.0. The zero-order valence-electron chi connectivity index (χ0n) is 15.9. The highest BCUT2D eigenvalue weighted by molar-refractivity contribution is 5.73. The standard InChI is InChI=1S/C21H16N6O3/c1-30-20-16(8-18(25-26-20)17-10-23-21(29)24-19(17)28)15-6-7-27(12-15)11-14-4-2-13(9-22)3-5-14/h2-8,10,12H,11H2,1H3,(H2,23,24,28,29). The summed E-state index contributed by atoms with van der Waals surface area (Å²) in [6, 6.07) is 13.1. The number of aromatic amines is 2. The van der Waals surface area contributed by atoms with Crippen LogP contribution in [0.3, 0.4) is 0 Å². The van der Waals surface area contributed by atoms with Crippen LogP contribution in [0.4, 0.5) is 0 Å². The molecule has 148 valence electrons. The highest BCUT2D eigenvalue weighted by atomic mass is 16.5. The lowest BCUT2D eigenvalue weighted by atomic mass is 10.1. The van der Waals surface area contributed by atoms with Gasteiger partial charge in [0.05, 0.1) is 24.3 Å². The average molecular weight is 400 g/mol. The molecule has 0 bridgehead atoms. The molecular weight excluding hydrogens is 384 g/mol. The van der Waals surface area contributed by atoms with E-state index in [9.17, 15) is 9.59 Å². The quantitative estimate of drug-likeness (QED) is 0.526. The highest BCUT2D eigenvalue weighted by Crippen LogP contribution is 2.30. The van der Waals surface area contributed by atoms with Gasteiger partial charge in [-0.3, -0.25) is 9.78 Å². The molecule has 4 rings (SSSR count). The van der Waals surface area contributed by atoms with E-state index in [0.29, 0.717) is 29.2 Å². The van der Waals surface area contributed by atoms with Crippen LogP contribution in [0.25, 0.3) is 22.4 Å². The van der Waals surface area contributed by atoms with Gasteiger partial charge in [0.2, 0.25) is 5.88 Å². The molecule has 4 aromatic rings. The first-order valence-corrected chi connectivity index (χ1v) is 8.96. The van der Waals surface area contributed by atoms with Crippen LogP contribution in [0.2, 0.25) is 0 Å². The monoisotopic (exact) mass is 400 g/mol. The molecule has 1 aromatic carbocycles. The van der Waals surface area contributed by atoms with Crippen molar-refractivity contribution in [1.29, 1.82) is 5.26 Å². The SMILES string of the molecule is COc1nnc(-c2c[nH]c(=O)[nH]c2=O)cc1-c1ccn(Cc2ccc(C#N)cc2)c1. The number of aromatic nitrogens is 5. The first kappa shape index (κ1) is 18.9. The van der Waals surface area contributed by atoms with E-state index < -0.39 is 11.2 Å². The second-order valence-corrected chi connectivity index (χ2v) is 6.52. The maximum Gasteiger partial charge on any atom is 0.325 e. The lowest BCUT2D eigenvalue weighted by molar-refractivity contribution is 0.394. The number of ether oxygens (including phenoxy) is 1. The zero-order chi connectivity index (χ0) is 21.1. The second kappa shape index (κ2) is 7.89. The summed E-state index contributed by atoms with van der Waals surface area (Å²) in [5.74, 6) is 0.315. The van der Waals surface area contributed by atoms with Crippen LogP contribution in [-0.2, 0) is 6.54 Å². The molecule has 9 nitrogen and oxygen atoms in total. The number of benzene rings is 1. The molecular formula is C21H16N6O3. The Kier molecular flexibility index (Phi) is 4.97. The van der Waals surface area contributed by atoms with Gasteiger partial charge >= 0.3 is 5.69 Å². The van der Waals surface area contributed by atoms with E-state index in [1.807, 2.05) is 35.2 Å². The fourth-order valence-corrected chi connectivity index (χ4v) is 3.06. The molecule has 0 unspecified atom stereocenters. The number of nitriles is 1. The van der Waals surface area contributed by atoms with Gasteiger partial charge in [0, 0.05) is 36.3 Å². The Balaban J connectivity index is 1.68. The van der Waals surface area contributed by atoms with E-state index in [-0.39, 0.29) is 5.56 Å². The largest absolute Gasteiger partial charge is 0.479 e. The van der Waals surface area contributed by atoms with Crippen LogP contribution in [0.5, 0.6) is 5.88 Å². The van der Waals surface area contributed by atoms with Gasteiger partial charge in [-0.25, -0.2) is 4.79 Å². The van der Waals surface area contributed by atoms with E-state index >= 15 is 0 Å². The summed E-state index contributed by atoms with van der Waals surface area (Å²) in [7, 11) is 1.49. The average Bonchev–Trinajstić information content (AvgIpc) is 3.22. The number of hydrogen-bond acceptors (Lipinski definition) is 6. The summed E-state index contributed by atoms with van der Waals surface area (Å²) in [6.07, 6.45) is 5.15. The van der Waals surface area contributed by atoms with E-state index in [4.69, 9.17) is 10.00 Å². The topological polar surface area (TPSA) is 129 Å². The Morgan fingerprint density at radius 1 is 1.13 bits per heavy atom. The molecule has 0 amide bonds. The molecule has 0 atom stereocenters. The maximum absolute atomic E-state index is 12.1. The molecule has 0 spiro atoms. The molecule has 0 saturated heterocycles. The van der Waals surface area contributed by atoms with Crippen molar-refractivity contribution >= 4 is 0 Å². The van der Waals surface area contributed by atoms with Crippen molar-refractivity contribution in [3.63, 3.8) is 0 Å². The van der Waals surface area contributed by atoms with Gasteiger partial charge in [-0.2, -0.15) is 5.26 Å². The summed E-state index contributed by atoms with van der Waals surface area (Å²) in [6.45, 7) is 0.624. The molecule has 3 aromatic heterocycles. The minimum absolute atomic E-state index is 0.197. The van der Waals surface area contributed by atoms with Crippen LogP contribution in [0.15, 0.2) is 64.6 Å². The Bertz CT molecular complexity index is 1360. The lowest BCUT2D eigenvalue weighted by Gasteiger charge is -2.07. The molecule has 0 saturated carbocycles. The van der Waals surface area contributed by atoms with E-state index in [1.54, 1.807) is 18.2 Å². The van der Waals surface area contributed by atoms with Crippen LogP contribution in [0, 0.1) is 11.3 Å². The van der Waals surface area contributed by atoms with Gasteiger partial charge in [0.15, 0.2) is 0 Å². The number of H-pyrrole nitrogens is 2. The minimum Gasteiger partial charge on any atom is -0.479 e. The summed E-state index contributed by atoms with van der Waals surface area (Å²) < 4.78 is 7.32. The Labute approximate surface area is 170 Å². The Morgan fingerprint density at radius 2 is 1.93 bits per heavy atom. The van der Waals surface area contributed by atoms with Crippen molar-refractivity contribution in [2.45, 2.75) is 6.54 Å². The fourth-order valence-electron chi connectivity index (χ4n) is 3.06. The number of methoxy groups -OCH3 is 1. The van der Waals surface area contributed by atoms with E-state index in [0.717, 1.165) is 11.1 Å². The first-order valence-electron chi connectivity index (χ1n) is 8.96. The molecule has 0 aliphatic carbocycles. The molecule has 0 radical (unpaired) electrons. The normalized spacial score (nSPS) is 10.5. The fraction of sp³-hybridized carbons (Fsp3) is 0.0952. The third kappa shape index (κ3) is 3.74. The van der Waals surface area contributed by atoms with Gasteiger partial charge < -0.3 is 14.3 Å². The van der Waals surface area contributed by atoms with Crippen molar-refractivity contribution in [3.05, 3.63) is 87.0 Å².